The Morgan fingerprint density at radius 3 is 2.27 bits per heavy atom. The van der Waals surface area contributed by atoms with Crippen LogP contribution >= 0.6 is 12.4 Å². The first-order chi connectivity index (χ1) is 10.0. The molecule has 0 bridgehead atoms. The molecule has 0 unspecified atom stereocenters. The van der Waals surface area contributed by atoms with E-state index in [0.717, 1.165) is 5.56 Å². The molecule has 2 aromatic carbocycles. The van der Waals surface area contributed by atoms with Gasteiger partial charge in [0.15, 0.2) is 0 Å². The molecule has 120 valence electrons. The number of halogens is 3. The van der Waals surface area contributed by atoms with Crippen LogP contribution in [-0.2, 0) is 6.61 Å². The van der Waals surface area contributed by atoms with E-state index in [4.69, 9.17) is 15.6 Å². The predicted octanol–water partition coefficient (Wildman–Crippen LogP) is 3.31. The summed E-state index contributed by atoms with van der Waals surface area (Å²) in [5, 5.41) is 8.75. The lowest BCUT2D eigenvalue weighted by atomic mass is 10.0. The summed E-state index contributed by atoms with van der Waals surface area (Å²) >= 11 is 0. The van der Waals surface area contributed by atoms with E-state index < -0.39 is 18.6 Å². The summed E-state index contributed by atoms with van der Waals surface area (Å²) in [5.74, 6) is -3.10. The molecule has 3 N–H and O–H groups in total. The fraction of sp³-hybridized carbons (Fsp3) is 0.250. The highest BCUT2D eigenvalue weighted by Crippen LogP contribution is 2.34. The van der Waals surface area contributed by atoms with Gasteiger partial charge in [-0.2, -0.15) is 0 Å². The van der Waals surface area contributed by atoms with Gasteiger partial charge in [0.1, 0.15) is 25.0 Å². The van der Waals surface area contributed by atoms with Gasteiger partial charge < -0.3 is 15.6 Å². The van der Waals surface area contributed by atoms with E-state index in [1.807, 2.05) is 30.3 Å². The molecule has 0 amide bonds. The third-order valence-corrected chi connectivity index (χ3v) is 3.16. The van der Waals surface area contributed by atoms with E-state index in [9.17, 15) is 8.78 Å². The lowest BCUT2D eigenvalue weighted by Gasteiger charge is -2.23. The van der Waals surface area contributed by atoms with Crippen LogP contribution in [0.2, 0.25) is 0 Å². The highest BCUT2D eigenvalue weighted by Gasteiger charge is 2.38. The monoisotopic (exact) mass is 329 g/mol. The molecule has 0 saturated carbocycles. The highest BCUT2D eigenvalue weighted by molar-refractivity contribution is 5.85. The maximum Gasteiger partial charge on any atom is 0.289 e. The Balaban J connectivity index is 0.00000242. The van der Waals surface area contributed by atoms with Crippen LogP contribution in [0.4, 0.5) is 8.78 Å². The lowest BCUT2D eigenvalue weighted by molar-refractivity contribution is -0.0716. The molecule has 0 fully saturated rings. The van der Waals surface area contributed by atoms with Crippen molar-refractivity contribution in [3.8, 4) is 5.75 Å². The summed E-state index contributed by atoms with van der Waals surface area (Å²) in [6.45, 7) is -1.05. The van der Waals surface area contributed by atoms with Gasteiger partial charge in [-0.3, -0.25) is 0 Å². The van der Waals surface area contributed by atoms with Gasteiger partial charge in [0.05, 0.1) is 0 Å². The van der Waals surface area contributed by atoms with Crippen LogP contribution in [0.25, 0.3) is 0 Å². The minimum absolute atomic E-state index is 0. The smallest absolute Gasteiger partial charge is 0.289 e. The summed E-state index contributed by atoms with van der Waals surface area (Å²) in [6, 6.07) is 14.1. The van der Waals surface area contributed by atoms with Crippen LogP contribution < -0.4 is 10.5 Å². The average Bonchev–Trinajstić information content (AvgIpc) is 2.53. The van der Waals surface area contributed by atoms with E-state index in [-0.39, 0.29) is 24.6 Å². The number of para-hydroxylation sites is 1. The molecule has 0 saturated heterocycles. The van der Waals surface area contributed by atoms with Crippen LogP contribution in [0.3, 0.4) is 0 Å². The summed E-state index contributed by atoms with van der Waals surface area (Å²) in [6.07, 6.45) is 0. The summed E-state index contributed by atoms with van der Waals surface area (Å²) in [4.78, 5) is 0. The number of aliphatic hydroxyl groups excluding tert-OH is 1. The maximum absolute atomic E-state index is 13.5. The fourth-order valence-corrected chi connectivity index (χ4v) is 1.93. The second-order valence-electron chi connectivity index (χ2n) is 4.71. The van der Waals surface area contributed by atoms with Crippen molar-refractivity contribution in [1.82, 2.24) is 0 Å². The number of alkyl halides is 2. The Labute approximate surface area is 134 Å². The fourth-order valence-electron chi connectivity index (χ4n) is 1.93. The van der Waals surface area contributed by atoms with Gasteiger partial charge in [-0.25, -0.2) is 8.78 Å². The largest absolute Gasteiger partial charge is 0.489 e. The average molecular weight is 330 g/mol. The molecule has 0 spiro atoms. The molecule has 6 heteroatoms. The van der Waals surface area contributed by atoms with E-state index in [0.29, 0.717) is 5.75 Å². The normalized spacial score (nSPS) is 12.4. The SMILES string of the molecule is Cl.N[C@H](c1ccccc1OCc1ccccc1)C(F)(F)CO. The standard InChI is InChI=1S/C16H17F2NO2.ClH/c17-16(18,11-20)15(19)13-8-4-5-9-14(13)21-10-12-6-2-1-3-7-12;/h1-9,15,20H,10-11,19H2;1H/t15-;/m1./s1. The topological polar surface area (TPSA) is 55.5 Å². The van der Waals surface area contributed by atoms with E-state index in [1.54, 1.807) is 18.2 Å². The molecule has 2 aromatic rings. The van der Waals surface area contributed by atoms with Crippen molar-refractivity contribution in [3.05, 3.63) is 65.7 Å². The van der Waals surface area contributed by atoms with Gasteiger partial charge in [-0.05, 0) is 11.6 Å². The van der Waals surface area contributed by atoms with Gasteiger partial charge >= 0.3 is 0 Å². The number of benzene rings is 2. The van der Waals surface area contributed by atoms with Crippen LogP contribution in [-0.4, -0.2) is 17.6 Å². The quantitative estimate of drug-likeness (QED) is 0.855. The number of nitrogens with two attached hydrogens (primary N) is 1. The van der Waals surface area contributed by atoms with Crippen molar-refractivity contribution >= 4 is 12.4 Å². The Bertz CT molecular complexity index is 581. The minimum atomic E-state index is -3.40. The van der Waals surface area contributed by atoms with Gasteiger partial charge in [0.2, 0.25) is 0 Å². The van der Waals surface area contributed by atoms with Crippen LogP contribution in [0.1, 0.15) is 17.2 Å². The predicted molar refractivity (Wildman–Crippen MR) is 83.4 cm³/mol. The minimum Gasteiger partial charge on any atom is -0.489 e. The second kappa shape index (κ2) is 8.08. The zero-order valence-corrected chi connectivity index (χ0v) is 12.6. The zero-order valence-electron chi connectivity index (χ0n) is 11.8. The van der Waals surface area contributed by atoms with E-state index in [1.165, 1.54) is 6.07 Å². The summed E-state index contributed by atoms with van der Waals surface area (Å²) in [7, 11) is 0. The molecule has 0 radical (unpaired) electrons. The maximum atomic E-state index is 13.5. The number of aliphatic hydroxyl groups is 1. The Hall–Kier alpha value is -1.69. The molecule has 2 rings (SSSR count). The summed E-state index contributed by atoms with van der Waals surface area (Å²) < 4.78 is 32.7. The molecule has 22 heavy (non-hydrogen) atoms. The molecule has 3 nitrogen and oxygen atoms in total. The van der Waals surface area contributed by atoms with Gasteiger partial charge in [-0.15, -0.1) is 12.4 Å². The van der Waals surface area contributed by atoms with Gasteiger partial charge in [0.25, 0.3) is 5.92 Å². The third kappa shape index (κ3) is 4.40. The van der Waals surface area contributed by atoms with Crippen molar-refractivity contribution in [1.29, 1.82) is 0 Å². The molecule has 0 aromatic heterocycles. The molecule has 0 aliphatic heterocycles. The molecular weight excluding hydrogens is 312 g/mol. The summed E-state index contributed by atoms with van der Waals surface area (Å²) in [5.41, 5.74) is 6.66. The molecule has 1 atom stereocenters. The zero-order chi connectivity index (χ0) is 15.3. The molecular formula is C16H18ClF2NO2. The number of rotatable bonds is 6. The van der Waals surface area contributed by atoms with Crippen molar-refractivity contribution in [2.45, 2.75) is 18.6 Å². The van der Waals surface area contributed by atoms with E-state index >= 15 is 0 Å². The number of ether oxygens (including phenoxy) is 1. The van der Waals surface area contributed by atoms with Crippen LogP contribution in [0, 0.1) is 0 Å². The van der Waals surface area contributed by atoms with Crippen molar-refractivity contribution < 1.29 is 18.6 Å². The van der Waals surface area contributed by atoms with E-state index in [2.05, 4.69) is 0 Å². The van der Waals surface area contributed by atoms with Gasteiger partial charge in [-0.1, -0.05) is 48.5 Å². The number of hydrogen-bond acceptors (Lipinski definition) is 3. The second-order valence-corrected chi connectivity index (χ2v) is 4.71. The molecule has 0 aliphatic rings. The van der Waals surface area contributed by atoms with Crippen LogP contribution in [0.15, 0.2) is 54.6 Å². The first kappa shape index (κ1) is 18.4. The third-order valence-electron chi connectivity index (χ3n) is 3.16. The highest BCUT2D eigenvalue weighted by atomic mass is 35.5. The first-order valence-electron chi connectivity index (χ1n) is 6.54. The van der Waals surface area contributed by atoms with Gasteiger partial charge in [0, 0.05) is 5.56 Å². The molecule has 0 heterocycles. The Morgan fingerprint density at radius 1 is 1.05 bits per heavy atom. The Morgan fingerprint density at radius 2 is 1.64 bits per heavy atom. The van der Waals surface area contributed by atoms with Crippen molar-refractivity contribution in [2.24, 2.45) is 5.73 Å². The number of hydrogen-bond donors (Lipinski definition) is 2. The first-order valence-corrected chi connectivity index (χ1v) is 6.54. The lowest BCUT2D eigenvalue weighted by Crippen LogP contribution is -2.36. The van der Waals surface area contributed by atoms with Crippen LogP contribution in [0.5, 0.6) is 5.75 Å². The Kier molecular flexibility index (Phi) is 6.74. The van der Waals surface area contributed by atoms with Crippen molar-refractivity contribution in [2.75, 3.05) is 6.61 Å². The van der Waals surface area contributed by atoms with Crippen molar-refractivity contribution in [3.63, 3.8) is 0 Å². The molecule has 0 aliphatic carbocycles.